The Balaban J connectivity index is 2.12. The highest BCUT2D eigenvalue weighted by Gasteiger charge is 2.02. The smallest absolute Gasteiger partial charge is 0.223 e. The van der Waals surface area contributed by atoms with E-state index in [0.29, 0.717) is 11.5 Å². The van der Waals surface area contributed by atoms with Crippen LogP contribution in [0.2, 0.25) is 0 Å². The van der Waals surface area contributed by atoms with Crippen LogP contribution in [0, 0.1) is 6.92 Å². The minimum atomic E-state index is -0.410. The molecule has 19 heavy (non-hydrogen) atoms. The largest absolute Gasteiger partial charge is 0.369 e. The van der Waals surface area contributed by atoms with Crippen molar-refractivity contribution >= 4 is 23.4 Å². The van der Waals surface area contributed by atoms with E-state index in [4.69, 9.17) is 11.5 Å². The summed E-state index contributed by atoms with van der Waals surface area (Å²) in [7, 11) is 0. The molecule has 1 amide bonds. The average Bonchev–Trinajstić information content (AvgIpc) is 2.29. The molecule has 0 radical (unpaired) electrons. The van der Waals surface area contributed by atoms with Gasteiger partial charge in [-0.05, 0) is 19.1 Å². The Morgan fingerprint density at radius 3 is 2.74 bits per heavy atom. The molecule has 0 aromatic carbocycles. The molecule has 2 aromatic rings. The Morgan fingerprint density at radius 1 is 1.37 bits per heavy atom. The standard InChI is InChI=1S/C12H14N6O/c1-7-4-11(18-12(14)16-7)17-9-3-2-8(15-6-9)5-10(13)19/h2-4,6H,5H2,1H3,(H2,13,19)(H3,14,16,17,18). The second-order valence-corrected chi connectivity index (χ2v) is 4.06. The lowest BCUT2D eigenvalue weighted by molar-refractivity contribution is -0.117. The van der Waals surface area contributed by atoms with Crippen LogP contribution in [0.25, 0.3) is 0 Å². The monoisotopic (exact) mass is 258 g/mol. The van der Waals surface area contributed by atoms with E-state index in [1.165, 1.54) is 0 Å². The summed E-state index contributed by atoms with van der Waals surface area (Å²) < 4.78 is 0. The van der Waals surface area contributed by atoms with Crippen LogP contribution in [0.3, 0.4) is 0 Å². The van der Waals surface area contributed by atoms with Gasteiger partial charge in [0.15, 0.2) is 0 Å². The number of hydrogen-bond acceptors (Lipinski definition) is 6. The highest BCUT2D eigenvalue weighted by atomic mass is 16.1. The minimum absolute atomic E-state index is 0.125. The van der Waals surface area contributed by atoms with Crippen LogP contribution >= 0.6 is 0 Å². The van der Waals surface area contributed by atoms with Gasteiger partial charge in [-0.15, -0.1) is 0 Å². The van der Waals surface area contributed by atoms with Crippen molar-refractivity contribution < 1.29 is 4.79 Å². The van der Waals surface area contributed by atoms with E-state index in [-0.39, 0.29) is 12.4 Å². The molecule has 0 aliphatic carbocycles. The Morgan fingerprint density at radius 2 is 2.16 bits per heavy atom. The van der Waals surface area contributed by atoms with Crippen molar-refractivity contribution in [3.8, 4) is 0 Å². The number of nitrogens with two attached hydrogens (primary N) is 2. The van der Waals surface area contributed by atoms with Gasteiger partial charge in [0.05, 0.1) is 18.3 Å². The molecule has 7 heteroatoms. The van der Waals surface area contributed by atoms with Crippen LogP contribution in [0.1, 0.15) is 11.4 Å². The highest BCUT2D eigenvalue weighted by Crippen LogP contribution is 2.15. The average molecular weight is 258 g/mol. The quantitative estimate of drug-likeness (QED) is 0.736. The van der Waals surface area contributed by atoms with Crippen LogP contribution in [0.5, 0.6) is 0 Å². The van der Waals surface area contributed by atoms with E-state index >= 15 is 0 Å². The summed E-state index contributed by atoms with van der Waals surface area (Å²) >= 11 is 0. The molecule has 0 unspecified atom stereocenters. The molecule has 2 aromatic heterocycles. The van der Waals surface area contributed by atoms with Gasteiger partial charge in [0.25, 0.3) is 0 Å². The lowest BCUT2D eigenvalue weighted by Crippen LogP contribution is -2.14. The van der Waals surface area contributed by atoms with Crippen molar-refractivity contribution in [3.63, 3.8) is 0 Å². The maximum absolute atomic E-state index is 10.8. The molecule has 2 heterocycles. The van der Waals surface area contributed by atoms with E-state index in [1.54, 1.807) is 24.4 Å². The number of carbonyl (C=O) groups excluding carboxylic acids is 1. The van der Waals surface area contributed by atoms with Gasteiger partial charge in [0, 0.05) is 17.5 Å². The fourth-order valence-electron chi connectivity index (χ4n) is 1.58. The fraction of sp³-hybridized carbons (Fsp3) is 0.167. The van der Waals surface area contributed by atoms with Crippen molar-refractivity contribution in [1.29, 1.82) is 0 Å². The first-order chi connectivity index (χ1) is 9.02. The Kier molecular flexibility index (Phi) is 3.56. The number of aryl methyl sites for hydroxylation is 1. The maximum Gasteiger partial charge on any atom is 0.223 e. The molecule has 0 aliphatic heterocycles. The van der Waals surface area contributed by atoms with Gasteiger partial charge in [-0.25, -0.2) is 4.98 Å². The van der Waals surface area contributed by atoms with Crippen LogP contribution in [-0.2, 0) is 11.2 Å². The summed E-state index contributed by atoms with van der Waals surface area (Å²) in [6.07, 6.45) is 1.73. The number of anilines is 3. The molecule has 0 atom stereocenters. The number of amides is 1. The number of nitrogen functional groups attached to an aromatic ring is 1. The predicted molar refractivity (Wildman–Crippen MR) is 71.6 cm³/mol. The third-order valence-corrected chi connectivity index (χ3v) is 2.32. The molecular formula is C12H14N6O. The van der Waals surface area contributed by atoms with Crippen molar-refractivity contribution in [1.82, 2.24) is 15.0 Å². The second kappa shape index (κ2) is 5.30. The maximum atomic E-state index is 10.8. The summed E-state index contributed by atoms with van der Waals surface area (Å²) in [6.45, 7) is 1.83. The number of primary amides is 1. The van der Waals surface area contributed by atoms with Crippen molar-refractivity contribution in [2.45, 2.75) is 13.3 Å². The number of aromatic nitrogens is 3. The molecule has 0 aliphatic rings. The summed E-state index contributed by atoms with van der Waals surface area (Å²) in [5, 5.41) is 3.06. The Bertz CT molecular complexity index is 575. The van der Waals surface area contributed by atoms with Crippen molar-refractivity contribution in [2.75, 3.05) is 11.1 Å². The van der Waals surface area contributed by atoms with Gasteiger partial charge < -0.3 is 16.8 Å². The molecule has 98 valence electrons. The van der Waals surface area contributed by atoms with Crippen LogP contribution in [0.4, 0.5) is 17.5 Å². The first-order valence-electron chi connectivity index (χ1n) is 5.64. The number of hydrogen-bond donors (Lipinski definition) is 3. The van der Waals surface area contributed by atoms with E-state index in [2.05, 4.69) is 20.3 Å². The SMILES string of the molecule is Cc1cc(Nc2ccc(CC(N)=O)nc2)nc(N)n1. The van der Waals surface area contributed by atoms with Gasteiger partial charge in [-0.1, -0.05) is 0 Å². The lowest BCUT2D eigenvalue weighted by Gasteiger charge is -2.07. The van der Waals surface area contributed by atoms with Gasteiger partial charge in [0.1, 0.15) is 5.82 Å². The minimum Gasteiger partial charge on any atom is -0.369 e. The molecule has 2 rings (SSSR count). The number of nitrogens with zero attached hydrogens (tertiary/aromatic N) is 3. The van der Waals surface area contributed by atoms with Crippen LogP contribution < -0.4 is 16.8 Å². The number of carbonyl (C=O) groups is 1. The fourth-order valence-corrected chi connectivity index (χ4v) is 1.58. The molecule has 0 spiro atoms. The molecule has 0 bridgehead atoms. The molecule has 5 N–H and O–H groups in total. The Labute approximate surface area is 110 Å². The van der Waals surface area contributed by atoms with Crippen molar-refractivity contribution in [2.24, 2.45) is 5.73 Å². The molecule has 0 fully saturated rings. The highest BCUT2D eigenvalue weighted by molar-refractivity contribution is 5.76. The van der Waals surface area contributed by atoms with Gasteiger partial charge >= 0.3 is 0 Å². The van der Waals surface area contributed by atoms with Crippen LogP contribution in [0.15, 0.2) is 24.4 Å². The molecular weight excluding hydrogens is 244 g/mol. The van der Waals surface area contributed by atoms with E-state index < -0.39 is 5.91 Å². The summed E-state index contributed by atoms with van der Waals surface area (Å²) in [5.74, 6) is 0.391. The summed E-state index contributed by atoms with van der Waals surface area (Å²) in [4.78, 5) is 22.9. The van der Waals surface area contributed by atoms with Gasteiger partial charge in [-0.3, -0.25) is 9.78 Å². The number of pyridine rings is 1. The zero-order valence-corrected chi connectivity index (χ0v) is 10.4. The van der Waals surface area contributed by atoms with E-state index in [9.17, 15) is 4.79 Å². The molecule has 7 nitrogen and oxygen atoms in total. The predicted octanol–water partition coefficient (Wildman–Crippen LogP) is 0.534. The Hall–Kier alpha value is -2.70. The van der Waals surface area contributed by atoms with Crippen molar-refractivity contribution in [3.05, 3.63) is 35.8 Å². The normalized spacial score (nSPS) is 10.2. The molecule has 0 saturated heterocycles. The van der Waals surface area contributed by atoms with E-state index in [1.807, 2.05) is 6.92 Å². The first-order valence-corrected chi connectivity index (χ1v) is 5.64. The lowest BCUT2D eigenvalue weighted by atomic mass is 10.2. The topological polar surface area (TPSA) is 120 Å². The second-order valence-electron chi connectivity index (χ2n) is 4.06. The third-order valence-electron chi connectivity index (χ3n) is 2.32. The summed E-state index contributed by atoms with van der Waals surface area (Å²) in [6, 6.07) is 5.29. The zero-order chi connectivity index (χ0) is 13.8. The summed E-state index contributed by atoms with van der Waals surface area (Å²) in [5.41, 5.74) is 12.8. The first kappa shape index (κ1) is 12.7. The van der Waals surface area contributed by atoms with Gasteiger partial charge in [0.2, 0.25) is 11.9 Å². The van der Waals surface area contributed by atoms with E-state index in [0.717, 1.165) is 11.4 Å². The zero-order valence-electron chi connectivity index (χ0n) is 10.4. The van der Waals surface area contributed by atoms with Gasteiger partial charge in [-0.2, -0.15) is 4.98 Å². The third kappa shape index (κ3) is 3.63. The number of rotatable bonds is 4. The molecule has 0 saturated carbocycles. The van der Waals surface area contributed by atoms with Crippen LogP contribution in [-0.4, -0.2) is 20.9 Å². The number of nitrogens with one attached hydrogen (secondary N) is 1.